The van der Waals surface area contributed by atoms with Crippen molar-refractivity contribution in [3.8, 4) is 17.2 Å². The quantitative estimate of drug-likeness (QED) is 0.429. The van der Waals surface area contributed by atoms with Crippen LogP contribution in [0.4, 0.5) is 4.79 Å². The van der Waals surface area contributed by atoms with E-state index in [2.05, 4.69) is 5.32 Å². The number of esters is 1. The van der Waals surface area contributed by atoms with Crippen LogP contribution in [-0.4, -0.2) is 26.2 Å². The molecule has 0 aliphatic heterocycles. The Morgan fingerprint density at radius 1 is 1.19 bits per heavy atom. The summed E-state index contributed by atoms with van der Waals surface area (Å²) in [7, 11) is 2.98. The van der Waals surface area contributed by atoms with Gasteiger partial charge in [-0.3, -0.25) is 0 Å². The second kappa shape index (κ2) is 9.49. The highest BCUT2D eigenvalue weighted by Crippen LogP contribution is 2.36. The number of rotatable bonds is 7. The van der Waals surface area contributed by atoms with Crippen LogP contribution in [0.3, 0.4) is 0 Å². The highest BCUT2D eigenvalue weighted by Gasteiger charge is 2.15. The van der Waals surface area contributed by atoms with E-state index >= 15 is 0 Å². The fourth-order valence-corrected chi connectivity index (χ4v) is 2.48. The van der Waals surface area contributed by atoms with Gasteiger partial charge >= 0.3 is 12.0 Å². The second-order valence-electron chi connectivity index (χ2n) is 5.36. The molecule has 0 saturated carbocycles. The van der Waals surface area contributed by atoms with E-state index in [-0.39, 0.29) is 23.1 Å². The summed E-state index contributed by atoms with van der Waals surface area (Å²) in [5.41, 5.74) is 6.46. The maximum Gasteiger partial charge on any atom is 0.336 e. The molecule has 0 spiro atoms. The van der Waals surface area contributed by atoms with Crippen molar-refractivity contribution in [2.45, 2.75) is 6.54 Å². The Morgan fingerprint density at radius 3 is 2.63 bits per heavy atom. The first-order chi connectivity index (χ1) is 12.9. The van der Waals surface area contributed by atoms with E-state index in [4.69, 9.17) is 31.5 Å². The van der Waals surface area contributed by atoms with E-state index in [1.165, 1.54) is 13.2 Å². The molecule has 7 nitrogen and oxygen atoms in total. The van der Waals surface area contributed by atoms with Gasteiger partial charge in [-0.15, -0.1) is 0 Å². The van der Waals surface area contributed by atoms with Gasteiger partial charge in [0.25, 0.3) is 0 Å². The molecule has 8 heteroatoms. The van der Waals surface area contributed by atoms with Crippen molar-refractivity contribution >= 4 is 29.7 Å². The van der Waals surface area contributed by atoms with E-state index in [9.17, 15) is 9.59 Å². The lowest BCUT2D eigenvalue weighted by molar-refractivity contribution is -0.129. The fourth-order valence-electron chi connectivity index (χ4n) is 2.21. The largest absolute Gasteiger partial charge is 0.497 e. The molecular weight excluding hydrogens is 372 g/mol. The number of primary amides is 1. The number of carbonyl (C=O) groups is 2. The van der Waals surface area contributed by atoms with Crippen molar-refractivity contribution in [1.29, 1.82) is 0 Å². The number of nitrogens with two attached hydrogens (primary N) is 1. The number of hydrogen-bond donors (Lipinski definition) is 2. The van der Waals surface area contributed by atoms with Gasteiger partial charge in [-0.1, -0.05) is 23.7 Å². The summed E-state index contributed by atoms with van der Waals surface area (Å²) in [6.07, 6.45) is 2.86. The molecule has 0 saturated heterocycles. The second-order valence-corrected chi connectivity index (χ2v) is 5.77. The minimum atomic E-state index is -0.664. The third kappa shape index (κ3) is 5.93. The molecule has 0 aliphatic rings. The Kier molecular flexibility index (Phi) is 7.08. The van der Waals surface area contributed by atoms with Crippen LogP contribution in [0.15, 0.2) is 42.5 Å². The number of hydrogen-bond acceptors (Lipinski definition) is 5. The SMILES string of the molecule is COc1cccc(/C=C/C(=O)Oc2c(Cl)cc(CNC(N)=O)cc2OC)c1. The number of benzene rings is 2. The molecule has 0 aromatic heterocycles. The Morgan fingerprint density at radius 2 is 1.96 bits per heavy atom. The monoisotopic (exact) mass is 390 g/mol. The zero-order chi connectivity index (χ0) is 19.8. The molecule has 0 atom stereocenters. The van der Waals surface area contributed by atoms with Crippen molar-refractivity contribution in [3.63, 3.8) is 0 Å². The Hall–Kier alpha value is -3.19. The van der Waals surface area contributed by atoms with Crippen LogP contribution >= 0.6 is 11.6 Å². The van der Waals surface area contributed by atoms with E-state index in [1.54, 1.807) is 37.5 Å². The molecule has 2 rings (SSSR count). The van der Waals surface area contributed by atoms with Crippen LogP contribution in [0.25, 0.3) is 6.08 Å². The normalized spacial score (nSPS) is 10.5. The molecule has 0 heterocycles. The molecule has 0 radical (unpaired) electrons. The molecular formula is C19H19ClN2O5. The first-order valence-electron chi connectivity index (χ1n) is 7.86. The minimum absolute atomic E-state index is 0.0854. The van der Waals surface area contributed by atoms with Gasteiger partial charge in [0.15, 0.2) is 11.5 Å². The summed E-state index contributed by atoms with van der Waals surface area (Å²) in [5, 5.41) is 2.61. The average molecular weight is 391 g/mol. The fraction of sp³-hybridized carbons (Fsp3) is 0.158. The topological polar surface area (TPSA) is 99.9 Å². The van der Waals surface area contributed by atoms with Gasteiger partial charge in [-0.2, -0.15) is 0 Å². The van der Waals surface area contributed by atoms with Crippen molar-refractivity contribution in [1.82, 2.24) is 5.32 Å². The standard InChI is InChI=1S/C19H19ClN2O5/c1-25-14-5-3-4-12(8-14)6-7-17(23)27-18-15(20)9-13(10-16(18)26-2)11-22-19(21)24/h3-10H,11H2,1-2H3,(H3,21,22,24)/b7-6+. The van der Waals surface area contributed by atoms with Crippen LogP contribution in [0.1, 0.15) is 11.1 Å². The zero-order valence-corrected chi connectivity index (χ0v) is 15.6. The van der Waals surface area contributed by atoms with Crippen LogP contribution < -0.4 is 25.3 Å². The zero-order valence-electron chi connectivity index (χ0n) is 14.8. The average Bonchev–Trinajstić information content (AvgIpc) is 2.66. The minimum Gasteiger partial charge on any atom is -0.497 e. The van der Waals surface area contributed by atoms with Crippen molar-refractivity contribution in [2.24, 2.45) is 5.73 Å². The number of carbonyl (C=O) groups excluding carboxylic acids is 2. The van der Waals surface area contributed by atoms with Gasteiger partial charge in [-0.25, -0.2) is 9.59 Å². The maximum atomic E-state index is 12.1. The number of ether oxygens (including phenoxy) is 3. The van der Waals surface area contributed by atoms with Crippen LogP contribution in [0.5, 0.6) is 17.2 Å². The van der Waals surface area contributed by atoms with Gasteiger partial charge in [0.05, 0.1) is 19.2 Å². The number of amides is 2. The molecule has 142 valence electrons. The van der Waals surface area contributed by atoms with Crippen LogP contribution in [0.2, 0.25) is 5.02 Å². The predicted molar refractivity (Wildman–Crippen MR) is 102 cm³/mol. The summed E-state index contributed by atoms with van der Waals surface area (Å²) >= 11 is 6.19. The first-order valence-corrected chi connectivity index (χ1v) is 8.24. The predicted octanol–water partition coefficient (Wildman–Crippen LogP) is 3.14. The van der Waals surface area contributed by atoms with Crippen molar-refractivity contribution in [2.75, 3.05) is 14.2 Å². The summed E-state index contributed by atoms with van der Waals surface area (Å²) < 4.78 is 15.7. The number of nitrogens with one attached hydrogen (secondary N) is 1. The van der Waals surface area contributed by atoms with Gasteiger partial charge in [0.2, 0.25) is 0 Å². The Labute approximate surface area is 161 Å². The highest BCUT2D eigenvalue weighted by atomic mass is 35.5. The van der Waals surface area contributed by atoms with Crippen LogP contribution in [0, 0.1) is 0 Å². The number of methoxy groups -OCH3 is 2. The molecule has 2 aromatic rings. The van der Waals surface area contributed by atoms with Crippen molar-refractivity contribution < 1.29 is 23.8 Å². The molecule has 0 fully saturated rings. The number of halogens is 1. The van der Waals surface area contributed by atoms with E-state index < -0.39 is 12.0 Å². The van der Waals surface area contributed by atoms with Gasteiger partial charge < -0.3 is 25.3 Å². The molecule has 0 bridgehead atoms. The number of urea groups is 1. The maximum absolute atomic E-state index is 12.1. The van der Waals surface area contributed by atoms with E-state index in [0.29, 0.717) is 11.3 Å². The molecule has 27 heavy (non-hydrogen) atoms. The third-order valence-electron chi connectivity index (χ3n) is 3.46. The lowest BCUT2D eigenvalue weighted by Gasteiger charge is -2.12. The summed E-state index contributed by atoms with van der Waals surface area (Å²) in [4.78, 5) is 22.9. The molecule has 0 aliphatic carbocycles. The summed E-state index contributed by atoms with van der Waals surface area (Å²) in [5.74, 6) is 0.394. The van der Waals surface area contributed by atoms with Crippen LogP contribution in [-0.2, 0) is 11.3 Å². The summed E-state index contributed by atoms with van der Waals surface area (Å²) in [6.45, 7) is 0.162. The van der Waals surface area contributed by atoms with Crippen molar-refractivity contribution in [3.05, 3.63) is 58.6 Å². The lowest BCUT2D eigenvalue weighted by Crippen LogP contribution is -2.28. The molecule has 2 amide bonds. The van der Waals surface area contributed by atoms with Gasteiger partial charge in [0.1, 0.15) is 5.75 Å². The molecule has 2 aromatic carbocycles. The molecule has 0 unspecified atom stereocenters. The van der Waals surface area contributed by atoms with E-state index in [1.807, 2.05) is 12.1 Å². The lowest BCUT2D eigenvalue weighted by atomic mass is 10.2. The Balaban J connectivity index is 2.14. The highest BCUT2D eigenvalue weighted by molar-refractivity contribution is 6.32. The Bertz CT molecular complexity index is 867. The van der Waals surface area contributed by atoms with E-state index in [0.717, 1.165) is 5.56 Å². The summed E-state index contributed by atoms with van der Waals surface area (Å²) in [6, 6.07) is 9.68. The molecule has 3 N–H and O–H groups in total. The van der Waals surface area contributed by atoms with Gasteiger partial charge in [0, 0.05) is 12.6 Å². The van der Waals surface area contributed by atoms with Gasteiger partial charge in [-0.05, 0) is 41.5 Å². The smallest absolute Gasteiger partial charge is 0.336 e. The third-order valence-corrected chi connectivity index (χ3v) is 3.75. The first kappa shape index (κ1) is 20.1.